The van der Waals surface area contributed by atoms with Gasteiger partial charge in [0.2, 0.25) is 5.91 Å². The minimum absolute atomic E-state index is 0.00663. The third-order valence-corrected chi connectivity index (χ3v) is 11.3. The fourth-order valence-electron chi connectivity index (χ4n) is 9.68. The molecule has 3 saturated carbocycles. The first-order chi connectivity index (χ1) is 17.3. The van der Waals surface area contributed by atoms with Crippen LogP contribution in [-0.4, -0.2) is 41.0 Å². The summed E-state index contributed by atoms with van der Waals surface area (Å²) in [6.45, 7) is 12.3. The van der Waals surface area contributed by atoms with E-state index in [1.54, 1.807) is 0 Å². The number of amides is 1. The number of carbonyl (C=O) groups excluding carboxylic acids is 3. The summed E-state index contributed by atoms with van der Waals surface area (Å²) >= 11 is 0. The molecule has 204 valence electrons. The molecule has 0 aromatic heterocycles. The van der Waals surface area contributed by atoms with E-state index in [1.807, 2.05) is 6.92 Å². The summed E-state index contributed by atoms with van der Waals surface area (Å²) in [4.78, 5) is 36.5. The molecule has 5 aliphatic rings. The summed E-state index contributed by atoms with van der Waals surface area (Å²) in [6, 6.07) is 0. The quantitative estimate of drug-likeness (QED) is 0.405. The van der Waals surface area contributed by atoms with E-state index in [4.69, 9.17) is 4.74 Å². The molecule has 0 saturated heterocycles. The van der Waals surface area contributed by atoms with E-state index in [2.05, 4.69) is 32.2 Å². The van der Waals surface area contributed by atoms with Crippen LogP contribution in [0.3, 0.4) is 0 Å². The van der Waals surface area contributed by atoms with Crippen molar-refractivity contribution in [2.45, 2.75) is 105 Å². The van der Waals surface area contributed by atoms with Crippen molar-refractivity contribution < 1.29 is 24.2 Å². The molecule has 0 aromatic carbocycles. The SMILES string of the molecule is CC(=O)NC[C@H](C)C[C@@H]1C(=O)C(C)=C2[C@]3(C)CC[C@@H]4[C@H](CC=C5C[C@@H](OC(C)=O)CC[C@@]54C)[C@@H]3C[C@@]21O. The number of hydrogen-bond acceptors (Lipinski definition) is 5. The fourth-order valence-corrected chi connectivity index (χ4v) is 9.68. The van der Waals surface area contributed by atoms with Crippen LogP contribution in [0.2, 0.25) is 0 Å². The zero-order valence-corrected chi connectivity index (χ0v) is 23.5. The molecule has 0 spiro atoms. The van der Waals surface area contributed by atoms with Gasteiger partial charge >= 0.3 is 5.97 Å². The van der Waals surface area contributed by atoms with Crippen LogP contribution in [-0.2, 0) is 19.1 Å². The maximum atomic E-state index is 13.5. The van der Waals surface area contributed by atoms with Gasteiger partial charge in [0.05, 0.1) is 11.5 Å². The van der Waals surface area contributed by atoms with Crippen molar-refractivity contribution >= 4 is 17.7 Å². The smallest absolute Gasteiger partial charge is 0.302 e. The Morgan fingerprint density at radius 1 is 1.16 bits per heavy atom. The number of ketones is 1. The lowest BCUT2D eigenvalue weighted by Gasteiger charge is -2.57. The lowest BCUT2D eigenvalue weighted by molar-refractivity contribution is -0.148. The number of carbonyl (C=O) groups is 3. The monoisotopic (exact) mass is 511 g/mol. The first kappa shape index (κ1) is 26.6. The predicted molar refractivity (Wildman–Crippen MR) is 141 cm³/mol. The van der Waals surface area contributed by atoms with Gasteiger partial charge in [-0.15, -0.1) is 0 Å². The number of rotatable bonds is 5. The van der Waals surface area contributed by atoms with E-state index >= 15 is 0 Å². The Balaban J connectivity index is 1.42. The Kier molecular flexibility index (Phi) is 6.53. The van der Waals surface area contributed by atoms with Crippen molar-refractivity contribution in [2.24, 2.45) is 40.4 Å². The van der Waals surface area contributed by atoms with E-state index in [1.165, 1.54) is 19.4 Å². The molecule has 0 radical (unpaired) electrons. The zero-order valence-electron chi connectivity index (χ0n) is 23.5. The largest absolute Gasteiger partial charge is 0.462 e. The molecule has 6 nitrogen and oxygen atoms in total. The van der Waals surface area contributed by atoms with Gasteiger partial charge in [-0.05, 0) is 97.5 Å². The van der Waals surface area contributed by atoms with Crippen molar-refractivity contribution in [3.05, 3.63) is 22.8 Å². The number of nitrogens with one attached hydrogen (secondary N) is 1. The average molecular weight is 512 g/mol. The summed E-state index contributed by atoms with van der Waals surface area (Å²) in [6.07, 6.45) is 9.58. The molecular formula is C31H45NO5. The minimum Gasteiger partial charge on any atom is -0.462 e. The molecule has 0 heterocycles. The number of allylic oxidation sites excluding steroid dienone is 2. The standard InChI is InChI=1S/C31H45NO5/c1-17(16-32-19(3)33)13-25-27(35)18(2)28-30(6)12-10-24-23(26(30)15-31(25,28)36)8-7-21-14-22(37-20(4)34)9-11-29(21,24)5/h7,17,22-26,36H,8-16H2,1-6H3,(H,32,33)/t17-,22+,23+,24-,25-,26+,29+,30-,31+/m1/s1. The second-order valence-corrected chi connectivity index (χ2v) is 13.5. The second-order valence-electron chi connectivity index (χ2n) is 13.5. The first-order valence-corrected chi connectivity index (χ1v) is 14.4. The molecular weight excluding hydrogens is 466 g/mol. The zero-order chi connectivity index (χ0) is 26.9. The number of fused-ring (bicyclic) bond motifs is 7. The molecule has 6 heteroatoms. The van der Waals surface area contributed by atoms with Crippen LogP contribution in [0.25, 0.3) is 0 Å². The third kappa shape index (κ3) is 4.04. The highest BCUT2D eigenvalue weighted by atomic mass is 16.5. The van der Waals surface area contributed by atoms with Crippen LogP contribution in [0.4, 0.5) is 0 Å². The number of aliphatic hydroxyl groups is 1. The van der Waals surface area contributed by atoms with Gasteiger partial charge in [-0.3, -0.25) is 14.4 Å². The maximum absolute atomic E-state index is 13.5. The number of Topliss-reactive ketones (excluding diaryl/α,β-unsaturated/α-hetero) is 1. The van der Waals surface area contributed by atoms with Crippen LogP contribution in [0.5, 0.6) is 0 Å². The topological polar surface area (TPSA) is 92.7 Å². The van der Waals surface area contributed by atoms with Crippen molar-refractivity contribution in [3.8, 4) is 0 Å². The number of esters is 1. The molecule has 37 heavy (non-hydrogen) atoms. The molecule has 0 aromatic rings. The van der Waals surface area contributed by atoms with Crippen molar-refractivity contribution in [2.75, 3.05) is 6.54 Å². The highest BCUT2D eigenvalue weighted by molar-refractivity contribution is 6.02. The van der Waals surface area contributed by atoms with Crippen LogP contribution in [0.15, 0.2) is 22.8 Å². The van der Waals surface area contributed by atoms with Gasteiger partial charge < -0.3 is 15.2 Å². The van der Waals surface area contributed by atoms with E-state index < -0.39 is 11.5 Å². The molecule has 0 aliphatic heterocycles. The maximum Gasteiger partial charge on any atom is 0.302 e. The normalized spacial score (nSPS) is 43.3. The Hall–Kier alpha value is -1.95. The minimum atomic E-state index is -1.07. The fraction of sp³-hybridized carbons (Fsp3) is 0.774. The summed E-state index contributed by atoms with van der Waals surface area (Å²) in [5.74, 6) is 0.935. The predicted octanol–water partition coefficient (Wildman–Crippen LogP) is 4.90. The lowest BCUT2D eigenvalue weighted by Crippen LogP contribution is -2.49. The molecule has 9 atom stereocenters. The third-order valence-electron chi connectivity index (χ3n) is 11.3. The van der Waals surface area contributed by atoms with Gasteiger partial charge in [0.1, 0.15) is 6.10 Å². The van der Waals surface area contributed by atoms with Crippen LogP contribution >= 0.6 is 0 Å². The Morgan fingerprint density at radius 3 is 2.54 bits per heavy atom. The van der Waals surface area contributed by atoms with Gasteiger partial charge in [0.15, 0.2) is 5.78 Å². The van der Waals surface area contributed by atoms with Crippen LogP contribution in [0, 0.1) is 40.4 Å². The Labute approximate surface area is 221 Å². The van der Waals surface area contributed by atoms with E-state index in [0.29, 0.717) is 37.1 Å². The van der Waals surface area contributed by atoms with E-state index in [-0.39, 0.29) is 40.5 Å². The molecule has 2 N–H and O–H groups in total. The lowest BCUT2D eigenvalue weighted by atomic mass is 9.47. The molecule has 5 aliphatic carbocycles. The van der Waals surface area contributed by atoms with Gasteiger partial charge in [-0.1, -0.05) is 32.4 Å². The Morgan fingerprint density at radius 2 is 1.86 bits per heavy atom. The highest BCUT2D eigenvalue weighted by Crippen LogP contribution is 2.71. The van der Waals surface area contributed by atoms with Gasteiger partial charge in [0.25, 0.3) is 0 Å². The molecule has 5 rings (SSSR count). The van der Waals surface area contributed by atoms with Gasteiger partial charge in [-0.2, -0.15) is 0 Å². The van der Waals surface area contributed by atoms with Crippen molar-refractivity contribution in [1.29, 1.82) is 0 Å². The number of hydrogen-bond donors (Lipinski definition) is 2. The highest BCUT2D eigenvalue weighted by Gasteiger charge is 2.68. The molecule has 0 bridgehead atoms. The van der Waals surface area contributed by atoms with Gasteiger partial charge in [-0.25, -0.2) is 0 Å². The average Bonchev–Trinajstić information content (AvgIpc) is 3.17. The van der Waals surface area contributed by atoms with Crippen LogP contribution in [0.1, 0.15) is 92.9 Å². The van der Waals surface area contributed by atoms with Gasteiger partial charge in [0, 0.05) is 26.8 Å². The van der Waals surface area contributed by atoms with E-state index in [9.17, 15) is 19.5 Å². The Bertz CT molecular complexity index is 1080. The summed E-state index contributed by atoms with van der Waals surface area (Å²) in [5.41, 5.74) is 2.18. The van der Waals surface area contributed by atoms with Crippen molar-refractivity contribution in [3.63, 3.8) is 0 Å². The molecule has 0 unspecified atom stereocenters. The van der Waals surface area contributed by atoms with E-state index in [0.717, 1.165) is 49.7 Å². The molecule has 1 amide bonds. The first-order valence-electron chi connectivity index (χ1n) is 14.4. The summed E-state index contributed by atoms with van der Waals surface area (Å²) < 4.78 is 5.59. The summed E-state index contributed by atoms with van der Waals surface area (Å²) in [5, 5.41) is 15.2. The second kappa shape index (κ2) is 9.07. The van der Waals surface area contributed by atoms with Crippen LogP contribution < -0.4 is 5.32 Å². The molecule has 3 fully saturated rings. The number of ether oxygens (including phenoxy) is 1. The summed E-state index contributed by atoms with van der Waals surface area (Å²) in [7, 11) is 0. The van der Waals surface area contributed by atoms with Crippen molar-refractivity contribution in [1.82, 2.24) is 5.32 Å².